The van der Waals surface area contributed by atoms with Crippen LogP contribution in [0.2, 0.25) is 0 Å². The van der Waals surface area contributed by atoms with Gasteiger partial charge in [-0.2, -0.15) is 13.2 Å². The van der Waals surface area contributed by atoms with Crippen LogP contribution >= 0.6 is 11.3 Å². The van der Waals surface area contributed by atoms with Crippen molar-refractivity contribution >= 4 is 34.0 Å². The van der Waals surface area contributed by atoms with E-state index in [0.29, 0.717) is 33.5 Å². The highest BCUT2D eigenvalue weighted by Crippen LogP contribution is 2.32. The molecule has 0 atom stereocenters. The number of aryl methyl sites for hydroxylation is 1. The number of hydrogen-bond donors (Lipinski definition) is 0. The monoisotopic (exact) mass is 534 g/mol. The summed E-state index contributed by atoms with van der Waals surface area (Å²) in [5.74, 6) is -1.12. The van der Waals surface area contributed by atoms with Crippen molar-refractivity contribution < 1.29 is 27.5 Å². The maximum Gasteiger partial charge on any atom is 0.416 e. The lowest BCUT2D eigenvalue weighted by Gasteiger charge is -2.13. The number of carbonyl (C=O) groups is 2. The number of aromatic nitrogens is 2. The topological polar surface area (TPSA) is 61.2 Å². The number of para-hydroxylation sites is 1. The molecule has 192 valence electrons. The van der Waals surface area contributed by atoms with Gasteiger partial charge >= 0.3 is 12.1 Å². The van der Waals surface area contributed by atoms with Crippen LogP contribution in [-0.2, 0) is 10.9 Å². The van der Waals surface area contributed by atoms with Gasteiger partial charge in [0.1, 0.15) is 0 Å². The molecular formula is C29H21F3N2O3S. The molecule has 5 aromatic rings. The van der Waals surface area contributed by atoms with Gasteiger partial charge in [0.05, 0.1) is 27.2 Å². The summed E-state index contributed by atoms with van der Waals surface area (Å²) in [5, 5.41) is 2.52. The first-order valence-corrected chi connectivity index (χ1v) is 12.5. The summed E-state index contributed by atoms with van der Waals surface area (Å²) in [6, 6.07) is 19.1. The van der Waals surface area contributed by atoms with Gasteiger partial charge in [0.2, 0.25) is 5.78 Å². The summed E-state index contributed by atoms with van der Waals surface area (Å²) in [5.41, 5.74) is 2.36. The molecule has 0 aliphatic heterocycles. The van der Waals surface area contributed by atoms with Gasteiger partial charge in [-0.05, 0) is 61.7 Å². The zero-order chi connectivity index (χ0) is 27.0. The molecule has 0 aliphatic carbocycles. The summed E-state index contributed by atoms with van der Waals surface area (Å²) < 4.78 is 46.7. The maximum atomic E-state index is 13.2. The number of Topliss-reactive ketones (excluding diaryl/α,β-unsaturated/α-hetero) is 1. The van der Waals surface area contributed by atoms with Gasteiger partial charge in [-0.15, -0.1) is 11.3 Å². The van der Waals surface area contributed by atoms with Crippen molar-refractivity contribution in [3.8, 4) is 16.3 Å². The van der Waals surface area contributed by atoms with Crippen LogP contribution in [0.3, 0.4) is 0 Å². The van der Waals surface area contributed by atoms with Crippen molar-refractivity contribution in [2.75, 3.05) is 6.61 Å². The van der Waals surface area contributed by atoms with E-state index < -0.39 is 30.1 Å². The molecule has 0 bridgehead atoms. The first-order chi connectivity index (χ1) is 18.1. The molecule has 2 aromatic carbocycles. The Labute approximate surface area is 220 Å². The highest BCUT2D eigenvalue weighted by Gasteiger charge is 2.31. The van der Waals surface area contributed by atoms with E-state index in [4.69, 9.17) is 4.74 Å². The number of rotatable bonds is 6. The van der Waals surface area contributed by atoms with E-state index in [0.717, 1.165) is 17.0 Å². The van der Waals surface area contributed by atoms with Crippen LogP contribution in [0.4, 0.5) is 13.2 Å². The van der Waals surface area contributed by atoms with Crippen molar-refractivity contribution in [2.45, 2.75) is 20.0 Å². The fraction of sp³-hybridized carbons (Fsp3) is 0.138. The molecule has 38 heavy (non-hydrogen) atoms. The number of alkyl halides is 3. The number of carbonyl (C=O) groups excluding carboxylic acids is 2. The molecule has 0 amide bonds. The quantitative estimate of drug-likeness (QED) is 0.168. The molecule has 0 radical (unpaired) electrons. The van der Waals surface area contributed by atoms with E-state index in [2.05, 4.69) is 4.98 Å². The van der Waals surface area contributed by atoms with Gasteiger partial charge < -0.3 is 9.30 Å². The molecule has 0 aliphatic rings. The Kier molecular flexibility index (Phi) is 6.62. The number of esters is 1. The molecule has 3 heterocycles. The molecule has 3 aromatic heterocycles. The number of fused-ring (bicyclic) bond motifs is 1. The van der Waals surface area contributed by atoms with Crippen LogP contribution in [0.25, 0.3) is 27.2 Å². The van der Waals surface area contributed by atoms with Crippen LogP contribution in [-0.4, -0.2) is 27.9 Å². The minimum Gasteiger partial charge on any atom is -0.454 e. The van der Waals surface area contributed by atoms with Gasteiger partial charge in [-0.1, -0.05) is 30.3 Å². The summed E-state index contributed by atoms with van der Waals surface area (Å²) in [6.45, 7) is 2.83. The second kappa shape index (κ2) is 9.90. The summed E-state index contributed by atoms with van der Waals surface area (Å²) in [7, 11) is 0. The number of hydrogen-bond acceptors (Lipinski definition) is 5. The highest BCUT2D eigenvalue weighted by atomic mass is 32.1. The molecule has 0 spiro atoms. The SMILES string of the molecule is Cc1cc(C(=O)COC(=O)c2cc(-c3cccs3)nc3ccccc23)c(C)n1-c1cccc(C(F)(F)F)c1. The van der Waals surface area contributed by atoms with Gasteiger partial charge in [-0.3, -0.25) is 4.79 Å². The minimum absolute atomic E-state index is 0.270. The van der Waals surface area contributed by atoms with Crippen LogP contribution in [0.1, 0.15) is 37.7 Å². The second-order valence-corrected chi connectivity index (χ2v) is 9.66. The fourth-order valence-corrected chi connectivity index (χ4v) is 5.13. The molecule has 0 unspecified atom stereocenters. The van der Waals surface area contributed by atoms with Crippen molar-refractivity contribution in [1.82, 2.24) is 9.55 Å². The lowest BCUT2D eigenvalue weighted by atomic mass is 10.1. The largest absolute Gasteiger partial charge is 0.454 e. The van der Waals surface area contributed by atoms with Crippen molar-refractivity contribution in [1.29, 1.82) is 0 Å². The van der Waals surface area contributed by atoms with Crippen LogP contribution in [0, 0.1) is 13.8 Å². The predicted molar refractivity (Wildman–Crippen MR) is 140 cm³/mol. The molecule has 0 saturated carbocycles. The molecule has 0 saturated heterocycles. The number of ether oxygens (including phenoxy) is 1. The Bertz CT molecular complexity index is 1670. The van der Waals surface area contributed by atoms with Crippen molar-refractivity contribution in [2.24, 2.45) is 0 Å². The third-order valence-corrected chi connectivity index (χ3v) is 7.10. The van der Waals surface area contributed by atoms with Gasteiger partial charge in [-0.25, -0.2) is 9.78 Å². The zero-order valence-corrected chi connectivity index (χ0v) is 21.2. The molecular weight excluding hydrogens is 513 g/mol. The first-order valence-electron chi connectivity index (χ1n) is 11.6. The van der Waals surface area contributed by atoms with E-state index in [-0.39, 0.29) is 11.3 Å². The van der Waals surface area contributed by atoms with Crippen molar-refractivity contribution in [3.05, 3.63) is 106 Å². The van der Waals surface area contributed by atoms with E-state index in [1.54, 1.807) is 54.8 Å². The second-order valence-electron chi connectivity index (χ2n) is 8.72. The summed E-state index contributed by atoms with van der Waals surface area (Å²) in [6.07, 6.45) is -4.49. The highest BCUT2D eigenvalue weighted by molar-refractivity contribution is 7.13. The molecule has 5 nitrogen and oxygen atoms in total. The van der Waals surface area contributed by atoms with E-state index in [1.807, 2.05) is 23.6 Å². The minimum atomic E-state index is -4.49. The van der Waals surface area contributed by atoms with Gasteiger partial charge in [0.25, 0.3) is 0 Å². The Morgan fingerprint density at radius 2 is 1.74 bits per heavy atom. The Hall–Kier alpha value is -4.24. The van der Waals surface area contributed by atoms with Crippen LogP contribution in [0.5, 0.6) is 0 Å². The number of halogens is 3. The Morgan fingerprint density at radius 1 is 0.947 bits per heavy atom. The number of nitrogens with zero attached hydrogens (tertiary/aromatic N) is 2. The molecule has 0 fully saturated rings. The summed E-state index contributed by atoms with van der Waals surface area (Å²) in [4.78, 5) is 31.7. The van der Waals surface area contributed by atoms with Crippen LogP contribution in [0.15, 0.2) is 78.2 Å². The smallest absolute Gasteiger partial charge is 0.416 e. The fourth-order valence-electron chi connectivity index (χ4n) is 4.45. The lowest BCUT2D eigenvalue weighted by Crippen LogP contribution is -2.15. The van der Waals surface area contributed by atoms with E-state index in [9.17, 15) is 22.8 Å². The molecule has 0 N–H and O–H groups in total. The normalized spacial score (nSPS) is 11.6. The number of benzene rings is 2. The predicted octanol–water partition coefficient (Wildman–Crippen LogP) is 7.43. The van der Waals surface area contributed by atoms with Gasteiger partial charge in [0, 0.05) is 28.0 Å². The van der Waals surface area contributed by atoms with Crippen molar-refractivity contribution in [3.63, 3.8) is 0 Å². The first kappa shape index (κ1) is 25.4. The third-order valence-electron chi connectivity index (χ3n) is 6.21. The number of ketones is 1. The summed E-state index contributed by atoms with van der Waals surface area (Å²) >= 11 is 1.49. The lowest BCUT2D eigenvalue weighted by molar-refractivity contribution is -0.137. The Morgan fingerprint density at radius 3 is 2.47 bits per heavy atom. The zero-order valence-electron chi connectivity index (χ0n) is 20.4. The number of thiophene rings is 1. The molecule has 5 rings (SSSR count). The van der Waals surface area contributed by atoms with E-state index in [1.165, 1.54) is 17.4 Å². The third kappa shape index (κ3) is 4.84. The van der Waals surface area contributed by atoms with Gasteiger partial charge in [0.15, 0.2) is 6.61 Å². The standard InChI is InChI=1S/C29H21F3N2O3S/c1-17-13-22(18(2)34(17)20-8-5-7-19(14-20)29(30,31)32)26(35)16-37-28(36)23-15-25(27-11-6-12-38-27)33-24-10-4-3-9-21(23)24/h3-15H,16H2,1-2H3. The van der Waals surface area contributed by atoms with Crippen LogP contribution < -0.4 is 0 Å². The molecule has 9 heteroatoms. The number of pyridine rings is 1. The van der Waals surface area contributed by atoms with E-state index >= 15 is 0 Å². The average molecular weight is 535 g/mol. The Balaban J connectivity index is 1.40. The maximum absolute atomic E-state index is 13.2. The average Bonchev–Trinajstić information content (AvgIpc) is 3.54.